The van der Waals surface area contributed by atoms with Gasteiger partial charge in [0.2, 0.25) is 0 Å². The van der Waals surface area contributed by atoms with Crippen LogP contribution in [0.1, 0.15) is 44.1 Å². The molecule has 1 saturated heterocycles. The highest BCUT2D eigenvalue weighted by atomic mass is 19.3. The molecule has 3 heterocycles. The van der Waals surface area contributed by atoms with Crippen LogP contribution in [0, 0.1) is 0 Å². The fourth-order valence-electron chi connectivity index (χ4n) is 3.42. The van der Waals surface area contributed by atoms with Gasteiger partial charge in [0.25, 0.3) is 5.92 Å². The van der Waals surface area contributed by atoms with Crippen molar-refractivity contribution in [2.75, 3.05) is 18.0 Å². The first-order valence-corrected chi connectivity index (χ1v) is 9.55. The number of anilines is 1. The standard InChI is InChI=1S/C20H23F3N6/c1-19(2,3)18-24-16(28-9-8-20(22,23)12-28)15-17(25-18)29(27-26-15)11-14-7-5-4-6-13(14)10-21/h4-7H,8-12H2,1-3H3. The van der Waals surface area contributed by atoms with E-state index in [-0.39, 0.29) is 19.5 Å². The number of nitrogens with zero attached hydrogens (tertiary/aromatic N) is 6. The van der Waals surface area contributed by atoms with Crippen LogP contribution in [0.4, 0.5) is 19.0 Å². The van der Waals surface area contributed by atoms with E-state index in [0.29, 0.717) is 28.4 Å². The fourth-order valence-corrected chi connectivity index (χ4v) is 3.42. The molecule has 9 heteroatoms. The van der Waals surface area contributed by atoms with Crippen LogP contribution < -0.4 is 4.90 Å². The average molecular weight is 404 g/mol. The molecule has 0 unspecified atom stereocenters. The van der Waals surface area contributed by atoms with Crippen LogP contribution in [-0.4, -0.2) is 44.0 Å². The zero-order chi connectivity index (χ0) is 20.8. The summed E-state index contributed by atoms with van der Waals surface area (Å²) in [5.41, 5.74) is 1.79. The van der Waals surface area contributed by atoms with Gasteiger partial charge >= 0.3 is 0 Å². The number of aromatic nitrogens is 5. The molecule has 0 radical (unpaired) electrons. The first kappa shape index (κ1) is 19.6. The van der Waals surface area contributed by atoms with Crippen molar-refractivity contribution in [2.24, 2.45) is 0 Å². The molecule has 0 atom stereocenters. The van der Waals surface area contributed by atoms with Crippen molar-refractivity contribution >= 4 is 17.0 Å². The van der Waals surface area contributed by atoms with Crippen molar-refractivity contribution in [1.29, 1.82) is 0 Å². The summed E-state index contributed by atoms with van der Waals surface area (Å²) in [4.78, 5) is 10.8. The Morgan fingerprint density at radius 1 is 1.10 bits per heavy atom. The topological polar surface area (TPSA) is 59.7 Å². The van der Waals surface area contributed by atoms with Gasteiger partial charge in [0.1, 0.15) is 12.5 Å². The van der Waals surface area contributed by atoms with E-state index in [1.165, 1.54) is 0 Å². The Labute approximate surface area is 166 Å². The molecule has 1 aromatic carbocycles. The number of rotatable bonds is 4. The second-order valence-corrected chi connectivity index (χ2v) is 8.47. The molecule has 2 aromatic heterocycles. The van der Waals surface area contributed by atoms with E-state index < -0.39 is 24.6 Å². The Bertz CT molecular complexity index is 1040. The summed E-state index contributed by atoms with van der Waals surface area (Å²) in [7, 11) is 0. The highest BCUT2D eigenvalue weighted by Crippen LogP contribution is 2.34. The third-order valence-electron chi connectivity index (χ3n) is 5.07. The lowest BCUT2D eigenvalue weighted by Crippen LogP contribution is -2.27. The second-order valence-electron chi connectivity index (χ2n) is 8.47. The molecule has 29 heavy (non-hydrogen) atoms. The Morgan fingerprint density at radius 2 is 1.83 bits per heavy atom. The highest BCUT2D eigenvalue weighted by molar-refractivity contribution is 5.83. The third-order valence-corrected chi connectivity index (χ3v) is 5.07. The Morgan fingerprint density at radius 3 is 2.45 bits per heavy atom. The van der Waals surface area contributed by atoms with Gasteiger partial charge in [-0.2, -0.15) is 0 Å². The van der Waals surface area contributed by atoms with Crippen LogP contribution in [0.2, 0.25) is 0 Å². The number of halogens is 3. The molecule has 6 nitrogen and oxygen atoms in total. The number of hydrogen-bond donors (Lipinski definition) is 0. The lowest BCUT2D eigenvalue weighted by Gasteiger charge is -2.22. The molecule has 1 aliphatic heterocycles. The van der Waals surface area contributed by atoms with E-state index in [9.17, 15) is 13.2 Å². The molecule has 0 saturated carbocycles. The monoisotopic (exact) mass is 404 g/mol. The van der Waals surface area contributed by atoms with Crippen molar-refractivity contribution in [2.45, 2.75) is 51.7 Å². The molecule has 1 aliphatic rings. The smallest absolute Gasteiger partial charge is 0.266 e. The predicted octanol–water partition coefficient (Wildman–Crippen LogP) is 3.88. The van der Waals surface area contributed by atoms with Crippen molar-refractivity contribution < 1.29 is 13.2 Å². The van der Waals surface area contributed by atoms with Crippen molar-refractivity contribution in [3.05, 3.63) is 41.2 Å². The summed E-state index contributed by atoms with van der Waals surface area (Å²) in [6.45, 7) is 5.38. The van der Waals surface area contributed by atoms with E-state index in [1.807, 2.05) is 32.9 Å². The van der Waals surface area contributed by atoms with Gasteiger partial charge in [0.05, 0.1) is 13.1 Å². The maximum atomic E-state index is 13.8. The molecule has 4 rings (SSSR count). The predicted molar refractivity (Wildman–Crippen MR) is 104 cm³/mol. The van der Waals surface area contributed by atoms with Gasteiger partial charge < -0.3 is 4.90 Å². The maximum Gasteiger partial charge on any atom is 0.266 e. The lowest BCUT2D eigenvalue weighted by molar-refractivity contribution is 0.0257. The van der Waals surface area contributed by atoms with Crippen molar-refractivity contribution in [1.82, 2.24) is 25.0 Å². The summed E-state index contributed by atoms with van der Waals surface area (Å²) in [6, 6.07) is 7.17. The normalized spacial score (nSPS) is 16.7. The second kappa shape index (κ2) is 6.96. The minimum Gasteiger partial charge on any atom is -0.348 e. The Balaban J connectivity index is 1.83. The van der Waals surface area contributed by atoms with E-state index in [2.05, 4.69) is 20.3 Å². The van der Waals surface area contributed by atoms with E-state index in [4.69, 9.17) is 0 Å². The highest BCUT2D eigenvalue weighted by Gasteiger charge is 2.40. The van der Waals surface area contributed by atoms with Crippen LogP contribution in [0.25, 0.3) is 11.2 Å². The van der Waals surface area contributed by atoms with E-state index in [1.54, 1.807) is 21.7 Å². The molecule has 0 bridgehead atoms. The van der Waals surface area contributed by atoms with Gasteiger partial charge in [-0.1, -0.05) is 50.3 Å². The summed E-state index contributed by atoms with van der Waals surface area (Å²) in [6.07, 6.45) is -0.221. The van der Waals surface area contributed by atoms with Gasteiger partial charge in [0.15, 0.2) is 17.0 Å². The minimum atomic E-state index is -2.75. The molecule has 0 N–H and O–H groups in total. The Kier molecular flexibility index (Phi) is 4.71. The molecule has 0 aliphatic carbocycles. The fraction of sp³-hybridized carbons (Fsp3) is 0.500. The van der Waals surface area contributed by atoms with E-state index in [0.717, 1.165) is 5.56 Å². The van der Waals surface area contributed by atoms with Crippen LogP contribution in [0.15, 0.2) is 24.3 Å². The molecular weight excluding hydrogens is 381 g/mol. The molecule has 154 valence electrons. The SMILES string of the molecule is CC(C)(C)c1nc(N2CCC(F)(F)C2)c2nnn(Cc3ccccc3CF)c2n1. The maximum absolute atomic E-state index is 13.8. The lowest BCUT2D eigenvalue weighted by atomic mass is 9.96. The van der Waals surface area contributed by atoms with Gasteiger partial charge in [0, 0.05) is 18.4 Å². The van der Waals surface area contributed by atoms with Gasteiger partial charge in [-0.05, 0) is 11.1 Å². The molecular formula is C20H23F3N6. The summed E-state index contributed by atoms with van der Waals surface area (Å²) >= 11 is 0. The quantitative estimate of drug-likeness (QED) is 0.661. The minimum absolute atomic E-state index is 0.195. The van der Waals surface area contributed by atoms with Crippen LogP contribution >= 0.6 is 0 Å². The van der Waals surface area contributed by atoms with Crippen LogP contribution in [0.3, 0.4) is 0 Å². The van der Waals surface area contributed by atoms with Gasteiger partial charge in [-0.15, -0.1) is 5.10 Å². The van der Waals surface area contributed by atoms with Crippen molar-refractivity contribution in [3.63, 3.8) is 0 Å². The van der Waals surface area contributed by atoms with Gasteiger partial charge in [-0.25, -0.2) is 27.8 Å². The summed E-state index contributed by atoms with van der Waals surface area (Å²) in [5, 5.41) is 8.38. The van der Waals surface area contributed by atoms with Crippen LogP contribution in [-0.2, 0) is 18.6 Å². The third kappa shape index (κ3) is 3.77. The first-order chi connectivity index (χ1) is 13.7. The summed E-state index contributed by atoms with van der Waals surface area (Å²) in [5.74, 6) is -1.85. The Hall–Kier alpha value is -2.71. The van der Waals surface area contributed by atoms with Crippen LogP contribution in [0.5, 0.6) is 0 Å². The number of fused-ring (bicyclic) bond motifs is 1. The molecule has 0 amide bonds. The first-order valence-electron chi connectivity index (χ1n) is 9.55. The summed E-state index contributed by atoms with van der Waals surface area (Å²) < 4.78 is 42.6. The van der Waals surface area contributed by atoms with E-state index >= 15 is 0 Å². The van der Waals surface area contributed by atoms with Gasteiger partial charge in [-0.3, -0.25) is 0 Å². The number of benzene rings is 1. The zero-order valence-corrected chi connectivity index (χ0v) is 16.7. The number of alkyl halides is 3. The van der Waals surface area contributed by atoms with Crippen molar-refractivity contribution in [3.8, 4) is 0 Å². The molecule has 1 fully saturated rings. The average Bonchev–Trinajstić information content (AvgIpc) is 3.24. The molecule has 0 spiro atoms. The zero-order valence-electron chi connectivity index (χ0n) is 16.7. The largest absolute Gasteiger partial charge is 0.348 e. The number of hydrogen-bond acceptors (Lipinski definition) is 5. The molecule has 3 aromatic rings.